The fourth-order valence-corrected chi connectivity index (χ4v) is 3.68. The Bertz CT molecular complexity index is 1180. The van der Waals surface area contributed by atoms with Crippen LogP contribution in [0.25, 0.3) is 22.5 Å². The molecular formula is C23H19N3O4. The lowest BCUT2D eigenvalue weighted by Gasteiger charge is -2.16. The molecule has 2 amide bonds. The van der Waals surface area contributed by atoms with E-state index in [4.69, 9.17) is 8.94 Å². The first-order valence-corrected chi connectivity index (χ1v) is 9.75. The number of para-hydroxylation sites is 2. The number of fused-ring (bicyclic) bond motifs is 1. The molecule has 1 aliphatic rings. The second kappa shape index (κ2) is 7.51. The number of aromatic nitrogens is 1. The van der Waals surface area contributed by atoms with E-state index < -0.39 is 0 Å². The van der Waals surface area contributed by atoms with Crippen molar-refractivity contribution in [3.05, 3.63) is 72.4 Å². The van der Waals surface area contributed by atoms with Crippen LogP contribution in [0.4, 0.5) is 5.69 Å². The van der Waals surface area contributed by atoms with Crippen molar-refractivity contribution in [2.24, 2.45) is 5.92 Å². The van der Waals surface area contributed by atoms with Gasteiger partial charge in [0.05, 0.1) is 12.5 Å². The van der Waals surface area contributed by atoms with E-state index in [1.54, 1.807) is 11.0 Å². The van der Waals surface area contributed by atoms with E-state index in [-0.39, 0.29) is 30.7 Å². The van der Waals surface area contributed by atoms with Crippen LogP contribution >= 0.6 is 0 Å². The standard InChI is InChI=1S/C23H19N3O4/c27-22-11-16(14-26(22)18-7-2-1-3-8-18)23(28)24-13-17-12-21(30-25-17)20-10-15-6-4-5-9-19(15)29-20/h1-10,12,16H,11,13-14H2,(H,24,28)/t16-/m1/s1. The van der Waals surface area contributed by atoms with Gasteiger partial charge in [0.2, 0.25) is 17.6 Å². The molecule has 1 N–H and O–H groups in total. The number of hydrogen-bond donors (Lipinski definition) is 1. The van der Waals surface area contributed by atoms with Gasteiger partial charge in [0.1, 0.15) is 11.3 Å². The van der Waals surface area contributed by atoms with Crippen molar-refractivity contribution in [3.63, 3.8) is 0 Å². The molecule has 1 atom stereocenters. The largest absolute Gasteiger partial charge is 0.453 e. The van der Waals surface area contributed by atoms with Crippen LogP contribution in [0, 0.1) is 5.92 Å². The number of nitrogens with zero attached hydrogens (tertiary/aromatic N) is 2. The van der Waals surface area contributed by atoms with Crippen LogP contribution in [-0.2, 0) is 16.1 Å². The van der Waals surface area contributed by atoms with E-state index in [0.29, 0.717) is 23.8 Å². The highest BCUT2D eigenvalue weighted by molar-refractivity contribution is 6.00. The molecule has 0 spiro atoms. The molecule has 7 heteroatoms. The van der Waals surface area contributed by atoms with E-state index in [9.17, 15) is 9.59 Å². The Labute approximate surface area is 172 Å². The lowest BCUT2D eigenvalue weighted by molar-refractivity contribution is -0.126. The Morgan fingerprint density at radius 1 is 1.07 bits per heavy atom. The van der Waals surface area contributed by atoms with Crippen molar-refractivity contribution in [3.8, 4) is 11.5 Å². The van der Waals surface area contributed by atoms with Gasteiger partial charge in [0, 0.05) is 30.1 Å². The quantitative estimate of drug-likeness (QED) is 0.550. The zero-order valence-corrected chi connectivity index (χ0v) is 16.1. The van der Waals surface area contributed by atoms with E-state index in [1.165, 1.54) is 0 Å². The third-order valence-electron chi connectivity index (χ3n) is 5.23. The normalized spacial score (nSPS) is 16.3. The van der Waals surface area contributed by atoms with Gasteiger partial charge in [-0.25, -0.2) is 0 Å². The topological polar surface area (TPSA) is 88.6 Å². The van der Waals surface area contributed by atoms with Crippen molar-refractivity contribution in [2.75, 3.05) is 11.4 Å². The first kappa shape index (κ1) is 18.2. The van der Waals surface area contributed by atoms with Crippen LogP contribution < -0.4 is 10.2 Å². The maximum atomic E-state index is 12.6. The summed E-state index contributed by atoms with van der Waals surface area (Å²) in [6, 6.07) is 20.7. The molecule has 5 rings (SSSR count). The Balaban J connectivity index is 1.21. The second-order valence-electron chi connectivity index (χ2n) is 7.29. The first-order chi connectivity index (χ1) is 14.7. The molecule has 2 aromatic heterocycles. The number of carbonyl (C=O) groups excluding carboxylic acids is 2. The summed E-state index contributed by atoms with van der Waals surface area (Å²) >= 11 is 0. The van der Waals surface area contributed by atoms with Crippen molar-refractivity contribution in [1.29, 1.82) is 0 Å². The van der Waals surface area contributed by atoms with Crippen LogP contribution in [-0.4, -0.2) is 23.5 Å². The molecule has 3 heterocycles. The highest BCUT2D eigenvalue weighted by Crippen LogP contribution is 2.28. The zero-order chi connectivity index (χ0) is 20.5. The number of furan rings is 1. The summed E-state index contributed by atoms with van der Waals surface area (Å²) < 4.78 is 11.1. The summed E-state index contributed by atoms with van der Waals surface area (Å²) in [6.45, 7) is 0.594. The summed E-state index contributed by atoms with van der Waals surface area (Å²) in [4.78, 5) is 26.5. The van der Waals surface area contributed by atoms with Crippen LogP contribution in [0.3, 0.4) is 0 Å². The van der Waals surface area contributed by atoms with E-state index in [2.05, 4.69) is 10.5 Å². The summed E-state index contributed by atoms with van der Waals surface area (Å²) in [5.74, 6) is 0.479. The van der Waals surface area contributed by atoms with Crippen LogP contribution in [0.5, 0.6) is 0 Å². The van der Waals surface area contributed by atoms with Crippen molar-refractivity contribution in [1.82, 2.24) is 10.5 Å². The van der Waals surface area contributed by atoms with Crippen LogP contribution in [0.1, 0.15) is 12.1 Å². The SMILES string of the molecule is O=C(NCc1cc(-c2cc3ccccc3o2)on1)[C@@H]1CC(=O)N(c2ccccc2)C1. The molecule has 1 saturated heterocycles. The lowest BCUT2D eigenvalue weighted by atomic mass is 10.1. The molecule has 150 valence electrons. The predicted molar refractivity (Wildman–Crippen MR) is 110 cm³/mol. The molecule has 1 fully saturated rings. The number of amides is 2. The van der Waals surface area contributed by atoms with Gasteiger partial charge in [-0.2, -0.15) is 0 Å². The Morgan fingerprint density at radius 2 is 1.87 bits per heavy atom. The van der Waals surface area contributed by atoms with Gasteiger partial charge in [0.15, 0.2) is 5.76 Å². The van der Waals surface area contributed by atoms with E-state index >= 15 is 0 Å². The van der Waals surface area contributed by atoms with Gasteiger partial charge in [-0.05, 0) is 24.3 Å². The summed E-state index contributed by atoms with van der Waals surface area (Å²) in [6.07, 6.45) is 0.198. The molecule has 0 radical (unpaired) electrons. The fraction of sp³-hybridized carbons (Fsp3) is 0.174. The number of anilines is 1. The van der Waals surface area contributed by atoms with Gasteiger partial charge < -0.3 is 19.2 Å². The third kappa shape index (κ3) is 3.45. The van der Waals surface area contributed by atoms with Gasteiger partial charge in [-0.15, -0.1) is 0 Å². The van der Waals surface area contributed by atoms with E-state index in [1.807, 2.05) is 60.7 Å². The predicted octanol–water partition coefficient (Wildman–Crippen LogP) is 3.76. The molecule has 0 aliphatic carbocycles. The highest BCUT2D eigenvalue weighted by atomic mass is 16.5. The molecule has 0 saturated carbocycles. The van der Waals surface area contributed by atoms with Gasteiger partial charge in [-0.1, -0.05) is 41.6 Å². The number of carbonyl (C=O) groups is 2. The van der Waals surface area contributed by atoms with Gasteiger partial charge in [-0.3, -0.25) is 9.59 Å². The maximum absolute atomic E-state index is 12.6. The Hall–Kier alpha value is -3.87. The second-order valence-corrected chi connectivity index (χ2v) is 7.29. The van der Waals surface area contributed by atoms with Crippen molar-refractivity contribution in [2.45, 2.75) is 13.0 Å². The van der Waals surface area contributed by atoms with Gasteiger partial charge in [0.25, 0.3) is 0 Å². The van der Waals surface area contributed by atoms with Crippen LogP contribution in [0.15, 0.2) is 75.7 Å². The highest BCUT2D eigenvalue weighted by Gasteiger charge is 2.35. The molecule has 4 aromatic rings. The van der Waals surface area contributed by atoms with Crippen LogP contribution in [0.2, 0.25) is 0 Å². The smallest absolute Gasteiger partial charge is 0.227 e. The number of nitrogens with one attached hydrogen (secondary N) is 1. The van der Waals surface area contributed by atoms with E-state index in [0.717, 1.165) is 16.7 Å². The van der Waals surface area contributed by atoms with Gasteiger partial charge >= 0.3 is 0 Å². The van der Waals surface area contributed by atoms with Crippen molar-refractivity contribution >= 4 is 28.5 Å². The zero-order valence-electron chi connectivity index (χ0n) is 16.1. The molecule has 1 aliphatic heterocycles. The lowest BCUT2D eigenvalue weighted by Crippen LogP contribution is -2.32. The minimum absolute atomic E-state index is 0.0463. The Morgan fingerprint density at radius 3 is 2.70 bits per heavy atom. The number of hydrogen-bond acceptors (Lipinski definition) is 5. The minimum Gasteiger partial charge on any atom is -0.453 e. The number of benzene rings is 2. The average Bonchev–Trinajstić information content (AvgIpc) is 3.50. The number of rotatable bonds is 5. The molecule has 7 nitrogen and oxygen atoms in total. The summed E-state index contributed by atoms with van der Waals surface area (Å²) in [5, 5.41) is 7.84. The summed E-state index contributed by atoms with van der Waals surface area (Å²) in [7, 11) is 0. The maximum Gasteiger partial charge on any atom is 0.227 e. The monoisotopic (exact) mass is 401 g/mol. The van der Waals surface area contributed by atoms with Crippen molar-refractivity contribution < 1.29 is 18.5 Å². The summed E-state index contributed by atoms with van der Waals surface area (Å²) in [5.41, 5.74) is 2.17. The molecule has 30 heavy (non-hydrogen) atoms. The molecule has 0 unspecified atom stereocenters. The first-order valence-electron chi connectivity index (χ1n) is 9.75. The molecule has 2 aromatic carbocycles. The molecule has 0 bridgehead atoms. The third-order valence-corrected chi connectivity index (χ3v) is 5.23. The molecular weight excluding hydrogens is 382 g/mol. The average molecular weight is 401 g/mol. The Kier molecular flexibility index (Phi) is 4.55. The minimum atomic E-state index is -0.389. The fourth-order valence-electron chi connectivity index (χ4n) is 3.68.